The molecular weight excluding hydrogens is 378 g/mol. The lowest BCUT2D eigenvalue weighted by atomic mass is 10.0. The van der Waals surface area contributed by atoms with Gasteiger partial charge in [0.2, 0.25) is 17.6 Å². The number of aromatic nitrogens is 2. The van der Waals surface area contributed by atoms with Crippen molar-refractivity contribution < 1.29 is 14.1 Å². The first-order valence-corrected chi connectivity index (χ1v) is 9.48. The van der Waals surface area contributed by atoms with Crippen LogP contribution in [0.1, 0.15) is 37.3 Å². The highest BCUT2D eigenvalue weighted by Crippen LogP contribution is 2.21. The lowest BCUT2D eigenvalue weighted by Crippen LogP contribution is -2.28. The zero-order chi connectivity index (χ0) is 19.9. The molecule has 7 heteroatoms. The normalized spacial score (nSPS) is 11.8. The maximum absolute atomic E-state index is 12.3. The lowest BCUT2D eigenvalue weighted by Gasteiger charge is -2.17. The number of benzene rings is 2. The van der Waals surface area contributed by atoms with Crippen LogP contribution >= 0.6 is 11.6 Å². The van der Waals surface area contributed by atoms with E-state index < -0.39 is 0 Å². The van der Waals surface area contributed by atoms with E-state index in [1.807, 2.05) is 55.5 Å². The molecule has 2 aromatic carbocycles. The molecule has 1 N–H and O–H groups in total. The van der Waals surface area contributed by atoms with Crippen LogP contribution in [0.2, 0.25) is 5.02 Å². The maximum atomic E-state index is 12.3. The first-order valence-electron chi connectivity index (χ1n) is 9.11. The summed E-state index contributed by atoms with van der Waals surface area (Å²) in [5.41, 5.74) is 1.86. The number of aryl methyl sites for hydroxylation is 1. The quantitative estimate of drug-likeness (QED) is 0.599. The molecule has 1 heterocycles. The van der Waals surface area contributed by atoms with E-state index >= 15 is 0 Å². The number of rotatable bonds is 8. The van der Waals surface area contributed by atoms with Gasteiger partial charge in [0.15, 0.2) is 0 Å². The van der Waals surface area contributed by atoms with Crippen LogP contribution in [-0.2, 0) is 11.2 Å². The maximum Gasteiger partial charge on any atom is 0.227 e. The Balaban J connectivity index is 1.55. The van der Waals surface area contributed by atoms with Crippen LogP contribution in [0, 0.1) is 0 Å². The topological polar surface area (TPSA) is 77.2 Å². The molecule has 1 unspecified atom stereocenters. The third-order valence-electron chi connectivity index (χ3n) is 4.40. The molecule has 0 aliphatic heterocycles. The Bertz CT molecular complexity index is 907. The van der Waals surface area contributed by atoms with Crippen molar-refractivity contribution in [2.75, 3.05) is 7.11 Å². The largest absolute Gasteiger partial charge is 0.497 e. The fourth-order valence-electron chi connectivity index (χ4n) is 2.82. The second-order valence-electron chi connectivity index (χ2n) is 6.32. The Morgan fingerprint density at radius 1 is 1.18 bits per heavy atom. The second kappa shape index (κ2) is 9.37. The highest BCUT2D eigenvalue weighted by Gasteiger charge is 2.15. The van der Waals surface area contributed by atoms with Gasteiger partial charge in [0.1, 0.15) is 5.75 Å². The molecule has 6 nitrogen and oxygen atoms in total. The van der Waals surface area contributed by atoms with Gasteiger partial charge in [-0.1, -0.05) is 35.8 Å². The van der Waals surface area contributed by atoms with Crippen LogP contribution in [0.5, 0.6) is 5.75 Å². The van der Waals surface area contributed by atoms with E-state index in [4.69, 9.17) is 20.9 Å². The smallest absolute Gasteiger partial charge is 0.227 e. The monoisotopic (exact) mass is 399 g/mol. The van der Waals surface area contributed by atoms with Crippen LogP contribution in [0.3, 0.4) is 0 Å². The number of hydrogen-bond acceptors (Lipinski definition) is 5. The Labute approximate surface area is 168 Å². The van der Waals surface area contributed by atoms with Gasteiger partial charge >= 0.3 is 0 Å². The molecule has 146 valence electrons. The zero-order valence-electron chi connectivity index (χ0n) is 15.8. The van der Waals surface area contributed by atoms with E-state index in [-0.39, 0.29) is 18.4 Å². The van der Waals surface area contributed by atoms with Crippen LogP contribution in [0.15, 0.2) is 53.1 Å². The summed E-state index contributed by atoms with van der Waals surface area (Å²) in [7, 11) is 1.61. The van der Waals surface area contributed by atoms with Gasteiger partial charge in [0.25, 0.3) is 0 Å². The van der Waals surface area contributed by atoms with Gasteiger partial charge in [0, 0.05) is 23.4 Å². The highest BCUT2D eigenvalue weighted by molar-refractivity contribution is 6.30. The number of carbonyl (C=O) groups is 1. The lowest BCUT2D eigenvalue weighted by molar-refractivity contribution is -0.121. The van der Waals surface area contributed by atoms with Crippen molar-refractivity contribution in [1.82, 2.24) is 15.5 Å². The summed E-state index contributed by atoms with van der Waals surface area (Å²) in [6, 6.07) is 14.8. The van der Waals surface area contributed by atoms with Gasteiger partial charge in [-0.3, -0.25) is 4.79 Å². The minimum absolute atomic E-state index is 0.0534. The molecule has 1 amide bonds. The number of halogens is 1. The molecule has 3 aromatic rings. The Kier molecular flexibility index (Phi) is 6.66. The third-order valence-corrected chi connectivity index (χ3v) is 4.65. The average molecular weight is 400 g/mol. The van der Waals surface area contributed by atoms with Crippen molar-refractivity contribution in [2.24, 2.45) is 0 Å². The standard InChI is InChI=1S/C21H22ClN3O3/c1-3-18(14-4-8-16(22)9-5-14)23-19(26)12-13-20-24-21(25-28-20)15-6-10-17(27-2)11-7-15/h4-11,18H,3,12-13H2,1-2H3,(H,23,26). The molecule has 0 aliphatic rings. The number of nitrogens with one attached hydrogen (secondary N) is 1. The minimum atomic E-state index is -0.0639. The Morgan fingerprint density at radius 2 is 1.89 bits per heavy atom. The summed E-state index contributed by atoms with van der Waals surface area (Å²) in [5, 5.41) is 7.69. The van der Waals surface area contributed by atoms with Gasteiger partial charge in [0.05, 0.1) is 13.2 Å². The van der Waals surface area contributed by atoms with Gasteiger partial charge in [-0.2, -0.15) is 4.98 Å². The number of carbonyl (C=O) groups excluding carboxylic acids is 1. The van der Waals surface area contributed by atoms with Gasteiger partial charge in [-0.25, -0.2) is 0 Å². The number of ether oxygens (including phenoxy) is 1. The summed E-state index contributed by atoms with van der Waals surface area (Å²) in [5.74, 6) is 1.62. The summed E-state index contributed by atoms with van der Waals surface area (Å²) in [6.07, 6.45) is 1.44. The van der Waals surface area contributed by atoms with Crippen molar-refractivity contribution in [3.05, 3.63) is 65.0 Å². The predicted molar refractivity (Wildman–Crippen MR) is 107 cm³/mol. The van der Waals surface area contributed by atoms with Gasteiger partial charge in [-0.05, 0) is 48.4 Å². The van der Waals surface area contributed by atoms with Gasteiger partial charge < -0.3 is 14.6 Å². The highest BCUT2D eigenvalue weighted by atomic mass is 35.5. The number of nitrogens with zero attached hydrogens (tertiary/aromatic N) is 2. The molecule has 0 spiro atoms. The summed E-state index contributed by atoms with van der Waals surface area (Å²) >= 11 is 5.93. The van der Waals surface area contributed by atoms with E-state index in [0.29, 0.717) is 23.2 Å². The molecule has 0 bridgehead atoms. The van der Waals surface area contributed by atoms with E-state index in [1.165, 1.54) is 0 Å². The van der Waals surface area contributed by atoms with E-state index in [0.717, 1.165) is 23.3 Å². The Hall–Kier alpha value is -2.86. The molecule has 1 aromatic heterocycles. The molecular formula is C21H22ClN3O3. The van der Waals surface area contributed by atoms with Crippen LogP contribution in [0.4, 0.5) is 0 Å². The third kappa shape index (κ3) is 5.10. The molecule has 0 saturated heterocycles. The van der Waals surface area contributed by atoms with Crippen LogP contribution < -0.4 is 10.1 Å². The van der Waals surface area contributed by atoms with Crippen LogP contribution in [-0.4, -0.2) is 23.2 Å². The Morgan fingerprint density at radius 3 is 2.54 bits per heavy atom. The first-order chi connectivity index (χ1) is 13.6. The molecule has 1 atom stereocenters. The van der Waals surface area contributed by atoms with Gasteiger partial charge in [-0.15, -0.1) is 0 Å². The molecule has 0 radical (unpaired) electrons. The SMILES string of the molecule is CCC(NC(=O)CCc1nc(-c2ccc(OC)cc2)no1)c1ccc(Cl)cc1. The average Bonchev–Trinajstić information content (AvgIpc) is 3.20. The van der Waals surface area contributed by atoms with Crippen molar-refractivity contribution in [2.45, 2.75) is 32.2 Å². The molecule has 0 fully saturated rings. The van der Waals surface area contributed by atoms with E-state index in [2.05, 4.69) is 15.5 Å². The number of hydrogen-bond donors (Lipinski definition) is 1. The van der Waals surface area contributed by atoms with Crippen LogP contribution in [0.25, 0.3) is 11.4 Å². The van der Waals surface area contributed by atoms with E-state index in [9.17, 15) is 4.79 Å². The van der Waals surface area contributed by atoms with Crippen molar-refractivity contribution in [3.63, 3.8) is 0 Å². The summed E-state index contributed by atoms with van der Waals surface area (Å²) in [6.45, 7) is 2.03. The summed E-state index contributed by atoms with van der Waals surface area (Å²) in [4.78, 5) is 16.7. The fraction of sp³-hybridized carbons (Fsp3) is 0.286. The first kappa shape index (κ1) is 19.9. The number of amides is 1. The molecule has 28 heavy (non-hydrogen) atoms. The minimum Gasteiger partial charge on any atom is -0.497 e. The fourth-order valence-corrected chi connectivity index (χ4v) is 2.94. The van der Waals surface area contributed by atoms with Crippen molar-refractivity contribution >= 4 is 17.5 Å². The predicted octanol–water partition coefficient (Wildman–Crippen LogP) is 4.60. The molecule has 0 aliphatic carbocycles. The molecule has 3 rings (SSSR count). The zero-order valence-corrected chi connectivity index (χ0v) is 16.6. The van der Waals surface area contributed by atoms with E-state index in [1.54, 1.807) is 7.11 Å². The number of methoxy groups -OCH3 is 1. The molecule has 0 saturated carbocycles. The van der Waals surface area contributed by atoms with Crippen molar-refractivity contribution in [1.29, 1.82) is 0 Å². The van der Waals surface area contributed by atoms with Crippen molar-refractivity contribution in [3.8, 4) is 17.1 Å². The summed E-state index contributed by atoms with van der Waals surface area (Å²) < 4.78 is 10.4. The second-order valence-corrected chi connectivity index (χ2v) is 6.76.